The van der Waals surface area contributed by atoms with Crippen LogP contribution in [-0.4, -0.2) is 19.4 Å². The minimum absolute atomic E-state index is 0.683. The minimum atomic E-state index is 0.683. The SMILES string of the molecule is CCc1cc(Br)c(Nc2nc(-c3c(C)nc4ncccn34)cs2)c(Br)c1. The second kappa shape index (κ2) is 7.09. The number of aryl methyl sites for hydroxylation is 2. The summed E-state index contributed by atoms with van der Waals surface area (Å²) in [6.07, 6.45) is 4.69. The summed E-state index contributed by atoms with van der Waals surface area (Å²) in [5, 5.41) is 6.27. The number of imidazole rings is 1. The first-order valence-electron chi connectivity index (χ1n) is 8.07. The van der Waals surface area contributed by atoms with Crippen LogP contribution in [0.25, 0.3) is 17.2 Å². The van der Waals surface area contributed by atoms with E-state index in [9.17, 15) is 0 Å². The van der Waals surface area contributed by atoms with Gasteiger partial charge in [0, 0.05) is 26.7 Å². The maximum atomic E-state index is 4.76. The first-order valence-corrected chi connectivity index (χ1v) is 10.5. The molecule has 0 fully saturated rings. The summed E-state index contributed by atoms with van der Waals surface area (Å²) >= 11 is 8.86. The van der Waals surface area contributed by atoms with Crippen molar-refractivity contribution in [3.05, 3.63) is 56.2 Å². The summed E-state index contributed by atoms with van der Waals surface area (Å²) in [4.78, 5) is 13.6. The molecule has 8 heteroatoms. The Balaban J connectivity index is 1.70. The maximum absolute atomic E-state index is 4.76. The van der Waals surface area contributed by atoms with Gasteiger partial charge in [-0.05, 0) is 69.0 Å². The third-order valence-corrected chi connectivity index (χ3v) is 6.08. The third-order valence-electron chi connectivity index (χ3n) is 4.07. The molecule has 0 bridgehead atoms. The van der Waals surface area contributed by atoms with E-state index in [-0.39, 0.29) is 0 Å². The van der Waals surface area contributed by atoms with Crippen molar-refractivity contribution in [1.29, 1.82) is 0 Å². The van der Waals surface area contributed by atoms with Crippen LogP contribution < -0.4 is 5.32 Å². The maximum Gasteiger partial charge on any atom is 0.234 e. The van der Waals surface area contributed by atoms with Gasteiger partial charge in [-0.25, -0.2) is 15.0 Å². The predicted molar refractivity (Wildman–Crippen MR) is 113 cm³/mol. The number of nitrogens with zero attached hydrogens (tertiary/aromatic N) is 4. The molecule has 26 heavy (non-hydrogen) atoms. The van der Waals surface area contributed by atoms with Crippen LogP contribution >= 0.6 is 43.2 Å². The fraction of sp³-hybridized carbons (Fsp3) is 0.167. The number of nitrogens with one attached hydrogen (secondary N) is 1. The van der Waals surface area contributed by atoms with Crippen molar-refractivity contribution >= 4 is 59.8 Å². The zero-order chi connectivity index (χ0) is 18.3. The van der Waals surface area contributed by atoms with Crippen LogP contribution in [0.4, 0.5) is 10.8 Å². The van der Waals surface area contributed by atoms with E-state index in [2.05, 4.69) is 66.2 Å². The number of hydrogen-bond acceptors (Lipinski definition) is 5. The van der Waals surface area contributed by atoms with E-state index in [0.717, 1.165) is 43.3 Å². The Labute approximate surface area is 171 Å². The molecule has 4 rings (SSSR count). The zero-order valence-corrected chi connectivity index (χ0v) is 18.1. The van der Waals surface area contributed by atoms with Crippen molar-refractivity contribution in [2.45, 2.75) is 20.3 Å². The molecule has 0 aliphatic rings. The largest absolute Gasteiger partial charge is 0.330 e. The highest BCUT2D eigenvalue weighted by molar-refractivity contribution is 9.11. The molecule has 3 heterocycles. The Morgan fingerprint density at radius 3 is 2.69 bits per heavy atom. The summed E-state index contributed by atoms with van der Waals surface area (Å²) in [5.74, 6) is 0.683. The molecular formula is C18H15Br2N5S. The van der Waals surface area contributed by atoms with Crippen LogP contribution in [0.3, 0.4) is 0 Å². The van der Waals surface area contributed by atoms with Crippen LogP contribution in [-0.2, 0) is 6.42 Å². The van der Waals surface area contributed by atoms with E-state index >= 15 is 0 Å². The van der Waals surface area contributed by atoms with Gasteiger partial charge < -0.3 is 5.32 Å². The topological polar surface area (TPSA) is 55.1 Å². The first-order chi connectivity index (χ1) is 12.6. The van der Waals surface area contributed by atoms with Crippen molar-refractivity contribution in [2.75, 3.05) is 5.32 Å². The number of anilines is 2. The van der Waals surface area contributed by atoms with E-state index in [1.807, 2.05) is 29.0 Å². The van der Waals surface area contributed by atoms with Gasteiger partial charge in [-0.15, -0.1) is 11.3 Å². The Kier molecular flexibility index (Phi) is 4.81. The summed E-state index contributed by atoms with van der Waals surface area (Å²) in [5.41, 5.74) is 5.00. The van der Waals surface area contributed by atoms with Crippen LogP contribution in [0.2, 0.25) is 0 Å². The summed E-state index contributed by atoms with van der Waals surface area (Å²) in [6.45, 7) is 4.12. The Hall–Kier alpha value is -1.77. The third kappa shape index (κ3) is 3.17. The second-order valence-electron chi connectivity index (χ2n) is 5.79. The smallest absolute Gasteiger partial charge is 0.234 e. The molecule has 0 aliphatic heterocycles. The van der Waals surface area contributed by atoms with Crippen LogP contribution in [0.5, 0.6) is 0 Å². The molecule has 0 saturated heterocycles. The lowest BCUT2D eigenvalue weighted by Crippen LogP contribution is -1.95. The van der Waals surface area contributed by atoms with Crippen molar-refractivity contribution in [3.63, 3.8) is 0 Å². The molecule has 0 atom stereocenters. The fourth-order valence-corrected chi connectivity index (χ4v) is 4.98. The molecule has 0 radical (unpaired) electrons. The number of hydrogen-bond donors (Lipinski definition) is 1. The van der Waals surface area contributed by atoms with Gasteiger partial charge in [0.05, 0.1) is 17.1 Å². The number of fused-ring (bicyclic) bond motifs is 1. The molecule has 4 aromatic rings. The van der Waals surface area contributed by atoms with Crippen molar-refractivity contribution < 1.29 is 0 Å². The van der Waals surface area contributed by atoms with Gasteiger partial charge in [-0.3, -0.25) is 4.40 Å². The average molecular weight is 493 g/mol. The highest BCUT2D eigenvalue weighted by atomic mass is 79.9. The van der Waals surface area contributed by atoms with Gasteiger partial charge in [-0.1, -0.05) is 6.92 Å². The molecule has 132 valence electrons. The van der Waals surface area contributed by atoms with Crippen LogP contribution in [0.1, 0.15) is 18.2 Å². The summed E-state index contributed by atoms with van der Waals surface area (Å²) in [6, 6.07) is 6.15. The average Bonchev–Trinajstić information content (AvgIpc) is 3.20. The molecule has 0 unspecified atom stereocenters. The lowest BCUT2D eigenvalue weighted by Gasteiger charge is -2.10. The molecule has 3 aromatic heterocycles. The first kappa shape index (κ1) is 17.6. The molecular weight excluding hydrogens is 478 g/mol. The molecule has 0 amide bonds. The molecule has 0 aliphatic carbocycles. The van der Waals surface area contributed by atoms with Crippen molar-refractivity contribution in [3.8, 4) is 11.4 Å². The molecule has 1 aromatic carbocycles. The van der Waals surface area contributed by atoms with Crippen LogP contribution in [0, 0.1) is 6.92 Å². The highest BCUT2D eigenvalue weighted by Crippen LogP contribution is 2.37. The van der Waals surface area contributed by atoms with Crippen LogP contribution in [0.15, 0.2) is 44.9 Å². The number of aromatic nitrogens is 4. The fourth-order valence-electron chi connectivity index (χ4n) is 2.80. The lowest BCUT2D eigenvalue weighted by molar-refractivity contribution is 1.11. The minimum Gasteiger partial charge on any atom is -0.330 e. The number of thiazole rings is 1. The van der Waals surface area contributed by atoms with E-state index < -0.39 is 0 Å². The van der Waals surface area contributed by atoms with Gasteiger partial charge in [-0.2, -0.15) is 0 Å². The summed E-state index contributed by atoms with van der Waals surface area (Å²) in [7, 11) is 0. The van der Waals surface area contributed by atoms with E-state index in [4.69, 9.17) is 4.98 Å². The van der Waals surface area contributed by atoms with Gasteiger partial charge in [0.15, 0.2) is 5.13 Å². The molecule has 0 saturated carbocycles. The Bertz CT molecular complexity index is 1080. The second-order valence-corrected chi connectivity index (χ2v) is 8.35. The standard InChI is InChI=1S/C18H15Br2N5S/c1-3-11-7-12(19)15(13(20)8-11)24-18-23-14(9-26-18)16-10(2)22-17-21-5-4-6-25(16)17/h4-9H,3H2,1-2H3,(H,23,24). The zero-order valence-electron chi connectivity index (χ0n) is 14.1. The highest BCUT2D eigenvalue weighted by Gasteiger charge is 2.16. The van der Waals surface area contributed by atoms with E-state index in [1.165, 1.54) is 5.56 Å². The van der Waals surface area contributed by atoms with Gasteiger partial charge >= 0.3 is 0 Å². The normalized spacial score (nSPS) is 11.2. The van der Waals surface area contributed by atoms with Gasteiger partial charge in [0.25, 0.3) is 0 Å². The van der Waals surface area contributed by atoms with Gasteiger partial charge in [0.1, 0.15) is 5.69 Å². The van der Waals surface area contributed by atoms with E-state index in [1.54, 1.807) is 17.5 Å². The molecule has 1 N–H and O–H groups in total. The summed E-state index contributed by atoms with van der Waals surface area (Å²) < 4.78 is 3.99. The van der Waals surface area contributed by atoms with Gasteiger partial charge in [0.2, 0.25) is 5.78 Å². The number of rotatable bonds is 4. The lowest BCUT2D eigenvalue weighted by atomic mass is 10.1. The number of halogens is 2. The monoisotopic (exact) mass is 491 g/mol. The predicted octanol–water partition coefficient (Wildman–Crippen LogP) is 5.99. The van der Waals surface area contributed by atoms with Crippen molar-refractivity contribution in [2.24, 2.45) is 0 Å². The Morgan fingerprint density at radius 2 is 1.96 bits per heavy atom. The Morgan fingerprint density at radius 1 is 1.19 bits per heavy atom. The number of benzene rings is 1. The van der Waals surface area contributed by atoms with Crippen molar-refractivity contribution in [1.82, 2.24) is 19.4 Å². The molecule has 5 nitrogen and oxygen atoms in total. The molecule has 0 spiro atoms. The quantitative estimate of drug-likeness (QED) is 0.380. The van der Waals surface area contributed by atoms with E-state index in [0.29, 0.717) is 5.78 Å².